The lowest BCUT2D eigenvalue weighted by atomic mass is 10.1. The predicted octanol–water partition coefficient (Wildman–Crippen LogP) is 3.32. The Morgan fingerprint density at radius 1 is 0.926 bits per heavy atom. The van der Waals surface area contributed by atoms with Gasteiger partial charge in [0.25, 0.3) is 5.89 Å². The fourth-order valence-electron chi connectivity index (χ4n) is 2.81. The second-order valence-electron chi connectivity index (χ2n) is 6.46. The van der Waals surface area contributed by atoms with Gasteiger partial charge in [0.2, 0.25) is 5.82 Å². The molecule has 4 aromatic rings. The molecule has 0 unspecified atom stereocenters. The molecule has 4 rings (SSSR count). The van der Waals surface area contributed by atoms with Crippen LogP contribution >= 0.6 is 0 Å². The average Bonchev–Trinajstić information content (AvgIpc) is 3.18. The molecule has 0 spiro atoms. The molecule has 2 heterocycles. The van der Waals surface area contributed by atoms with Gasteiger partial charge < -0.3 is 14.7 Å². The third-order valence-electron chi connectivity index (χ3n) is 4.20. The second kappa shape index (κ2) is 7.51. The third kappa shape index (κ3) is 3.63. The van der Waals surface area contributed by atoms with Gasteiger partial charge in [-0.1, -0.05) is 59.8 Å². The molecular formula is C20H20N6O. The van der Waals surface area contributed by atoms with Gasteiger partial charge in [0.15, 0.2) is 11.5 Å². The largest absolute Gasteiger partial charge is 0.367 e. The molecule has 136 valence electrons. The summed E-state index contributed by atoms with van der Waals surface area (Å²) in [5, 5.41) is 18.0. The van der Waals surface area contributed by atoms with E-state index < -0.39 is 0 Å². The van der Waals surface area contributed by atoms with E-state index in [1.807, 2.05) is 68.7 Å². The van der Waals surface area contributed by atoms with Gasteiger partial charge in [-0.05, 0) is 14.1 Å². The van der Waals surface area contributed by atoms with E-state index in [1.54, 1.807) is 0 Å². The van der Waals surface area contributed by atoms with E-state index >= 15 is 0 Å². The van der Waals surface area contributed by atoms with Crippen LogP contribution in [-0.4, -0.2) is 52.4 Å². The highest BCUT2D eigenvalue weighted by Gasteiger charge is 2.17. The highest BCUT2D eigenvalue weighted by atomic mass is 16.5. The Morgan fingerprint density at radius 3 is 2.44 bits per heavy atom. The molecule has 2 aromatic carbocycles. The van der Waals surface area contributed by atoms with Gasteiger partial charge in [-0.3, -0.25) is 0 Å². The van der Waals surface area contributed by atoms with E-state index in [-0.39, 0.29) is 0 Å². The Balaban J connectivity index is 1.70. The molecule has 27 heavy (non-hydrogen) atoms. The van der Waals surface area contributed by atoms with Crippen LogP contribution in [0.4, 0.5) is 5.82 Å². The van der Waals surface area contributed by atoms with E-state index in [1.165, 1.54) is 0 Å². The zero-order valence-electron chi connectivity index (χ0n) is 15.3. The topological polar surface area (TPSA) is 80.0 Å². The third-order valence-corrected chi connectivity index (χ3v) is 4.20. The number of fused-ring (bicyclic) bond motifs is 1. The molecule has 7 nitrogen and oxygen atoms in total. The van der Waals surface area contributed by atoms with Crippen LogP contribution in [0.2, 0.25) is 0 Å². The molecule has 0 aliphatic heterocycles. The summed E-state index contributed by atoms with van der Waals surface area (Å²) in [5.41, 5.74) is 1.48. The number of likely N-dealkylation sites (N-methyl/N-ethyl adjacent to an activating group) is 1. The molecule has 0 aliphatic carbocycles. The SMILES string of the molecule is CN(C)CCNc1nnc(-c2nc(-c3ccccc3)no2)c2ccccc12. The van der Waals surface area contributed by atoms with Crippen LogP contribution in [0.15, 0.2) is 59.1 Å². The van der Waals surface area contributed by atoms with Crippen LogP contribution in [0.1, 0.15) is 0 Å². The summed E-state index contributed by atoms with van der Waals surface area (Å²) in [6.45, 7) is 1.69. The van der Waals surface area contributed by atoms with Gasteiger partial charge in [-0.2, -0.15) is 4.98 Å². The van der Waals surface area contributed by atoms with Crippen molar-refractivity contribution in [3.8, 4) is 23.0 Å². The molecule has 0 bridgehead atoms. The molecule has 0 saturated carbocycles. The molecular weight excluding hydrogens is 340 g/mol. The van der Waals surface area contributed by atoms with Crippen molar-refractivity contribution in [3.05, 3.63) is 54.6 Å². The molecule has 0 radical (unpaired) electrons. The summed E-state index contributed by atoms with van der Waals surface area (Å²) in [7, 11) is 4.07. The summed E-state index contributed by atoms with van der Waals surface area (Å²) in [4.78, 5) is 6.62. The molecule has 1 N–H and O–H groups in total. The fraction of sp³-hybridized carbons (Fsp3) is 0.200. The first-order valence-corrected chi connectivity index (χ1v) is 8.76. The smallest absolute Gasteiger partial charge is 0.279 e. The van der Waals surface area contributed by atoms with Crippen molar-refractivity contribution in [2.24, 2.45) is 0 Å². The first kappa shape index (κ1) is 17.1. The van der Waals surface area contributed by atoms with Crippen LogP contribution in [0, 0.1) is 0 Å². The summed E-state index contributed by atoms with van der Waals surface area (Å²) in [6.07, 6.45) is 0. The standard InChI is InChI=1S/C20H20N6O/c1-26(2)13-12-21-19-16-11-7-6-10-15(16)17(23-24-19)20-22-18(25-27-20)14-8-4-3-5-9-14/h3-11H,12-13H2,1-2H3,(H,21,24). The fourth-order valence-corrected chi connectivity index (χ4v) is 2.81. The summed E-state index contributed by atoms with van der Waals surface area (Å²) < 4.78 is 5.48. The van der Waals surface area contributed by atoms with Gasteiger partial charge in [0, 0.05) is 29.4 Å². The van der Waals surface area contributed by atoms with Gasteiger partial charge in [-0.25, -0.2) is 0 Å². The van der Waals surface area contributed by atoms with Crippen molar-refractivity contribution < 1.29 is 4.52 Å². The van der Waals surface area contributed by atoms with Crippen LogP contribution in [0.25, 0.3) is 33.7 Å². The number of hydrogen-bond donors (Lipinski definition) is 1. The van der Waals surface area contributed by atoms with Crippen molar-refractivity contribution in [1.29, 1.82) is 0 Å². The monoisotopic (exact) mass is 360 g/mol. The molecule has 0 amide bonds. The minimum atomic E-state index is 0.359. The first-order chi connectivity index (χ1) is 13.2. The van der Waals surface area contributed by atoms with Crippen molar-refractivity contribution in [2.75, 3.05) is 32.5 Å². The van der Waals surface area contributed by atoms with Gasteiger partial charge >= 0.3 is 0 Å². The lowest BCUT2D eigenvalue weighted by molar-refractivity contribution is 0.425. The van der Waals surface area contributed by atoms with Crippen LogP contribution in [0.5, 0.6) is 0 Å². The second-order valence-corrected chi connectivity index (χ2v) is 6.46. The Hall–Kier alpha value is -3.32. The van der Waals surface area contributed by atoms with Gasteiger partial charge in [0.1, 0.15) is 0 Å². The molecule has 2 aromatic heterocycles. The maximum absolute atomic E-state index is 5.48. The maximum Gasteiger partial charge on any atom is 0.279 e. The van der Waals surface area contributed by atoms with E-state index in [2.05, 4.69) is 30.6 Å². The zero-order valence-corrected chi connectivity index (χ0v) is 15.3. The zero-order chi connectivity index (χ0) is 18.6. The van der Waals surface area contributed by atoms with Crippen molar-refractivity contribution in [1.82, 2.24) is 25.2 Å². The predicted molar refractivity (Wildman–Crippen MR) is 105 cm³/mol. The first-order valence-electron chi connectivity index (χ1n) is 8.76. The highest BCUT2D eigenvalue weighted by Crippen LogP contribution is 2.29. The Morgan fingerprint density at radius 2 is 1.67 bits per heavy atom. The van der Waals surface area contributed by atoms with Gasteiger partial charge in [0.05, 0.1) is 0 Å². The number of aromatic nitrogens is 4. The Bertz CT molecular complexity index is 1040. The molecule has 7 heteroatoms. The lowest BCUT2D eigenvalue weighted by Crippen LogP contribution is -2.21. The number of anilines is 1. The number of nitrogens with one attached hydrogen (secondary N) is 1. The number of nitrogens with zero attached hydrogens (tertiary/aromatic N) is 5. The lowest BCUT2D eigenvalue weighted by Gasteiger charge is -2.12. The van der Waals surface area contributed by atoms with Crippen LogP contribution < -0.4 is 5.32 Å². The van der Waals surface area contributed by atoms with E-state index in [4.69, 9.17) is 4.52 Å². The highest BCUT2D eigenvalue weighted by molar-refractivity contribution is 5.98. The summed E-state index contributed by atoms with van der Waals surface area (Å²) in [5.74, 6) is 1.64. The summed E-state index contributed by atoms with van der Waals surface area (Å²) in [6, 6.07) is 17.7. The van der Waals surface area contributed by atoms with E-state index in [9.17, 15) is 0 Å². The van der Waals surface area contributed by atoms with Crippen LogP contribution in [-0.2, 0) is 0 Å². The normalized spacial score (nSPS) is 11.2. The maximum atomic E-state index is 5.48. The quantitative estimate of drug-likeness (QED) is 0.565. The molecule has 0 aliphatic rings. The van der Waals surface area contributed by atoms with Gasteiger partial charge in [-0.15, -0.1) is 10.2 Å². The molecule has 0 saturated heterocycles. The van der Waals surface area contributed by atoms with Crippen LogP contribution in [0.3, 0.4) is 0 Å². The van der Waals surface area contributed by atoms with Crippen molar-refractivity contribution in [2.45, 2.75) is 0 Å². The minimum Gasteiger partial charge on any atom is -0.367 e. The Labute approximate surface area is 157 Å². The summed E-state index contributed by atoms with van der Waals surface area (Å²) >= 11 is 0. The minimum absolute atomic E-state index is 0.359. The van der Waals surface area contributed by atoms with Crippen molar-refractivity contribution >= 4 is 16.6 Å². The molecule has 0 atom stereocenters. The average molecular weight is 360 g/mol. The number of hydrogen-bond acceptors (Lipinski definition) is 7. The number of rotatable bonds is 6. The van der Waals surface area contributed by atoms with Crippen molar-refractivity contribution in [3.63, 3.8) is 0 Å². The van der Waals surface area contributed by atoms with E-state index in [0.29, 0.717) is 17.4 Å². The van der Waals surface area contributed by atoms with E-state index in [0.717, 1.165) is 35.2 Å². The molecule has 0 fully saturated rings. The number of benzene rings is 2. The Kier molecular flexibility index (Phi) is 4.76.